The van der Waals surface area contributed by atoms with Gasteiger partial charge in [0.2, 0.25) is 0 Å². The molecule has 0 aliphatic heterocycles. The number of carbonyl (C=O) groups is 1. The number of amides is 1. The Morgan fingerprint density at radius 3 is 2.75 bits per heavy atom. The molecule has 0 saturated heterocycles. The minimum atomic E-state index is -0.369. The molecule has 0 radical (unpaired) electrons. The second-order valence-corrected chi connectivity index (χ2v) is 5.13. The van der Waals surface area contributed by atoms with Crippen LogP contribution in [0.4, 0.5) is 0 Å². The summed E-state index contributed by atoms with van der Waals surface area (Å²) in [6.45, 7) is 0.244. The summed E-state index contributed by atoms with van der Waals surface area (Å²) in [7, 11) is 0. The first-order valence-electron chi connectivity index (χ1n) is 7.26. The molecule has 0 aliphatic carbocycles. The van der Waals surface area contributed by atoms with Gasteiger partial charge in [-0.2, -0.15) is 10.4 Å². The van der Waals surface area contributed by atoms with Gasteiger partial charge in [-0.15, -0.1) is 0 Å². The third-order valence-electron chi connectivity index (χ3n) is 3.56. The molecule has 0 saturated carbocycles. The van der Waals surface area contributed by atoms with Crippen molar-refractivity contribution in [1.29, 1.82) is 5.26 Å². The number of hydrazone groups is 1. The fourth-order valence-corrected chi connectivity index (χ4v) is 2.42. The van der Waals surface area contributed by atoms with Gasteiger partial charge in [0.15, 0.2) is 0 Å². The van der Waals surface area contributed by atoms with Crippen LogP contribution in [0.25, 0.3) is 10.9 Å². The molecule has 0 spiro atoms. The molecule has 0 aliphatic rings. The lowest BCUT2D eigenvalue weighted by molar-refractivity contribution is 0.0955. The van der Waals surface area contributed by atoms with Crippen LogP contribution in [-0.4, -0.2) is 21.8 Å². The first-order chi connectivity index (χ1) is 11.7. The predicted octanol–water partition coefficient (Wildman–Crippen LogP) is 2.63. The zero-order chi connectivity index (χ0) is 16.9. The maximum absolute atomic E-state index is 12.0. The van der Waals surface area contributed by atoms with E-state index in [2.05, 4.69) is 16.6 Å². The van der Waals surface area contributed by atoms with E-state index in [4.69, 9.17) is 5.26 Å². The Labute approximate surface area is 138 Å². The highest BCUT2D eigenvalue weighted by Crippen LogP contribution is 2.19. The van der Waals surface area contributed by atoms with E-state index < -0.39 is 0 Å². The number of nitriles is 1. The van der Waals surface area contributed by atoms with E-state index in [1.54, 1.807) is 6.21 Å². The molecule has 6 nitrogen and oxygen atoms in total. The zero-order valence-corrected chi connectivity index (χ0v) is 12.7. The molecule has 1 aromatic heterocycles. The Bertz CT molecular complexity index is 949. The topological polar surface area (TPSA) is 90.4 Å². The molecule has 2 aromatic carbocycles. The number of aromatic hydroxyl groups is 1. The predicted molar refractivity (Wildman–Crippen MR) is 90.7 cm³/mol. The number of phenols is 1. The molecule has 1 heterocycles. The third kappa shape index (κ3) is 3.10. The molecule has 0 fully saturated rings. The van der Waals surface area contributed by atoms with Crippen LogP contribution < -0.4 is 5.43 Å². The summed E-state index contributed by atoms with van der Waals surface area (Å²) < 4.78 is 1.83. The molecule has 2 N–H and O–H groups in total. The fraction of sp³-hybridized carbons (Fsp3) is 0.0556. The van der Waals surface area contributed by atoms with E-state index in [1.165, 1.54) is 24.3 Å². The van der Waals surface area contributed by atoms with Gasteiger partial charge in [0, 0.05) is 28.2 Å². The molecule has 0 unspecified atom stereocenters. The van der Waals surface area contributed by atoms with Crippen LogP contribution >= 0.6 is 0 Å². The minimum absolute atomic E-state index is 0.0975. The number of carbonyl (C=O) groups excluding carboxylic acids is 1. The monoisotopic (exact) mass is 318 g/mol. The maximum atomic E-state index is 12.0. The van der Waals surface area contributed by atoms with Gasteiger partial charge in [0.1, 0.15) is 12.3 Å². The number of hydrogen-bond donors (Lipinski definition) is 2. The second-order valence-electron chi connectivity index (χ2n) is 5.13. The normalized spacial score (nSPS) is 10.8. The molecule has 3 aromatic rings. The number of benzene rings is 2. The minimum Gasteiger partial charge on any atom is -0.508 e. The van der Waals surface area contributed by atoms with Crippen molar-refractivity contribution in [3.05, 3.63) is 65.9 Å². The average molecular weight is 318 g/mol. The van der Waals surface area contributed by atoms with Crippen LogP contribution in [0.15, 0.2) is 59.8 Å². The van der Waals surface area contributed by atoms with Gasteiger partial charge >= 0.3 is 0 Å². The number of para-hydroxylation sites is 1. The molecule has 0 bridgehead atoms. The lowest BCUT2D eigenvalue weighted by atomic mass is 10.2. The number of fused-ring (bicyclic) bond motifs is 1. The molecule has 118 valence electrons. The first-order valence-corrected chi connectivity index (χ1v) is 7.26. The lowest BCUT2D eigenvalue weighted by Crippen LogP contribution is -2.17. The molecule has 6 heteroatoms. The molecular weight excluding hydrogens is 304 g/mol. The van der Waals surface area contributed by atoms with Crippen molar-refractivity contribution < 1.29 is 9.90 Å². The molecule has 3 rings (SSSR count). The largest absolute Gasteiger partial charge is 0.508 e. The molecule has 1 amide bonds. The van der Waals surface area contributed by atoms with E-state index >= 15 is 0 Å². The van der Waals surface area contributed by atoms with Crippen LogP contribution in [0.5, 0.6) is 5.75 Å². The van der Waals surface area contributed by atoms with E-state index in [9.17, 15) is 9.90 Å². The smallest absolute Gasteiger partial charge is 0.271 e. The van der Waals surface area contributed by atoms with Crippen molar-refractivity contribution in [3.63, 3.8) is 0 Å². The van der Waals surface area contributed by atoms with Crippen LogP contribution in [0, 0.1) is 11.3 Å². The standard InChI is InChI=1S/C18H14N4O2/c19-9-10-22-12-14(16-3-1-2-4-17(16)22)11-20-21-18(24)13-5-7-15(23)8-6-13/h1-8,11-12,23H,10H2,(H,21,24)/b20-11-. The van der Waals surface area contributed by atoms with Crippen molar-refractivity contribution >= 4 is 23.0 Å². The van der Waals surface area contributed by atoms with Crippen LogP contribution in [-0.2, 0) is 6.54 Å². The van der Waals surface area contributed by atoms with Crippen molar-refractivity contribution in [2.75, 3.05) is 0 Å². The van der Waals surface area contributed by atoms with Gasteiger partial charge in [0.25, 0.3) is 5.91 Å². The van der Waals surface area contributed by atoms with Gasteiger partial charge in [-0.1, -0.05) is 18.2 Å². The Morgan fingerprint density at radius 2 is 2.00 bits per heavy atom. The van der Waals surface area contributed by atoms with E-state index in [0.29, 0.717) is 5.56 Å². The zero-order valence-electron chi connectivity index (χ0n) is 12.7. The van der Waals surface area contributed by atoms with Crippen molar-refractivity contribution in [2.24, 2.45) is 5.10 Å². The van der Waals surface area contributed by atoms with Gasteiger partial charge in [-0.05, 0) is 30.3 Å². The van der Waals surface area contributed by atoms with Crippen LogP contribution in [0.1, 0.15) is 15.9 Å². The van der Waals surface area contributed by atoms with Gasteiger partial charge in [-0.3, -0.25) is 4.79 Å². The average Bonchev–Trinajstić information content (AvgIpc) is 2.94. The summed E-state index contributed by atoms with van der Waals surface area (Å²) in [5, 5.41) is 23.1. The van der Waals surface area contributed by atoms with E-state index in [1.807, 2.05) is 35.0 Å². The van der Waals surface area contributed by atoms with Crippen molar-refractivity contribution in [3.8, 4) is 11.8 Å². The van der Waals surface area contributed by atoms with Gasteiger partial charge in [0.05, 0.1) is 12.3 Å². The highest BCUT2D eigenvalue weighted by Gasteiger charge is 2.07. The SMILES string of the molecule is N#CCn1cc(/C=N\NC(=O)c2ccc(O)cc2)c2ccccc21. The fourth-order valence-electron chi connectivity index (χ4n) is 2.42. The second kappa shape index (κ2) is 6.67. The number of phenolic OH excluding ortho intramolecular Hbond substituents is 1. The Balaban J connectivity index is 1.79. The van der Waals surface area contributed by atoms with Crippen molar-refractivity contribution in [1.82, 2.24) is 9.99 Å². The summed E-state index contributed by atoms with van der Waals surface area (Å²) in [5.41, 5.74) is 4.59. The van der Waals surface area contributed by atoms with E-state index in [0.717, 1.165) is 16.5 Å². The van der Waals surface area contributed by atoms with E-state index in [-0.39, 0.29) is 18.2 Å². The quantitative estimate of drug-likeness (QED) is 0.572. The summed E-state index contributed by atoms with van der Waals surface area (Å²) in [6, 6.07) is 15.7. The Hall–Kier alpha value is -3.59. The van der Waals surface area contributed by atoms with Crippen LogP contribution in [0.2, 0.25) is 0 Å². The summed E-state index contributed by atoms with van der Waals surface area (Å²) in [5.74, 6) is -0.271. The van der Waals surface area contributed by atoms with Gasteiger partial charge < -0.3 is 9.67 Å². The van der Waals surface area contributed by atoms with Gasteiger partial charge in [-0.25, -0.2) is 5.43 Å². The molecule has 0 atom stereocenters. The molecule has 24 heavy (non-hydrogen) atoms. The Morgan fingerprint density at radius 1 is 1.25 bits per heavy atom. The number of aromatic nitrogens is 1. The number of nitrogens with one attached hydrogen (secondary N) is 1. The third-order valence-corrected chi connectivity index (χ3v) is 3.56. The summed E-state index contributed by atoms with van der Waals surface area (Å²) in [6.07, 6.45) is 3.37. The number of nitrogens with zero attached hydrogens (tertiary/aromatic N) is 3. The highest BCUT2D eigenvalue weighted by atomic mass is 16.3. The molecular formula is C18H14N4O2. The Kier molecular flexibility index (Phi) is 4.25. The maximum Gasteiger partial charge on any atom is 0.271 e. The van der Waals surface area contributed by atoms with Crippen molar-refractivity contribution in [2.45, 2.75) is 6.54 Å². The summed E-state index contributed by atoms with van der Waals surface area (Å²) >= 11 is 0. The highest BCUT2D eigenvalue weighted by molar-refractivity contribution is 6.00. The van der Waals surface area contributed by atoms with Crippen LogP contribution in [0.3, 0.4) is 0 Å². The first kappa shape index (κ1) is 15.3. The summed E-state index contributed by atoms with van der Waals surface area (Å²) in [4.78, 5) is 12.0. The lowest BCUT2D eigenvalue weighted by Gasteiger charge is -1.99. The number of rotatable bonds is 4. The number of hydrogen-bond acceptors (Lipinski definition) is 4.